The van der Waals surface area contributed by atoms with Gasteiger partial charge in [-0.1, -0.05) is 102 Å². The first kappa shape index (κ1) is 34.3. The maximum Gasteiger partial charge on any atom is 0.330 e. The molecule has 0 saturated heterocycles. The van der Waals surface area contributed by atoms with Gasteiger partial charge in [0.25, 0.3) is 11.8 Å². The third-order valence-electron chi connectivity index (χ3n) is 8.68. The third kappa shape index (κ3) is 8.02. The molecule has 2 atom stereocenters. The zero-order valence-electron chi connectivity index (χ0n) is 26.3. The monoisotopic (exact) mass is 718 g/mol. The lowest BCUT2D eigenvalue weighted by Crippen LogP contribution is -2.51. The molecular weight excluding hydrogens is 687 g/mol. The molecule has 0 saturated carbocycles. The molecule has 0 fully saturated rings. The number of nitrogens with one attached hydrogen (secondary N) is 3. The lowest BCUT2D eigenvalue weighted by atomic mass is 9.95. The number of urea groups is 1. The molecule has 0 radical (unpaired) electrons. The van der Waals surface area contributed by atoms with E-state index in [9.17, 15) is 19.2 Å². The van der Waals surface area contributed by atoms with E-state index in [0.29, 0.717) is 35.7 Å². The highest BCUT2D eigenvalue weighted by Gasteiger charge is 2.32. The van der Waals surface area contributed by atoms with Crippen molar-refractivity contribution in [1.82, 2.24) is 20.9 Å². The fraction of sp³-hybridized carbons (Fsp3) is 0.243. The Labute approximate surface area is 298 Å². The van der Waals surface area contributed by atoms with E-state index >= 15 is 0 Å². The first-order valence-electron chi connectivity index (χ1n) is 15.9. The normalized spacial score (nSPS) is 15.5. The molecular formula is C37H33Cl3N4O5. The number of ether oxygens (including phenoxy) is 1. The van der Waals surface area contributed by atoms with Crippen LogP contribution in [0.4, 0.5) is 4.79 Å². The number of fused-ring (bicyclic) bond motifs is 2. The van der Waals surface area contributed by atoms with E-state index in [2.05, 4.69) is 16.0 Å². The SMILES string of the molecule is O=C(NCC(NC(=O)c1c(Cl)cc2c(c1Cl)CCN(Cc1cccc(Cl)c1)C2=O)C(=O)OCc1ccccc1)N[C@@H]1CCc2ccccc21. The maximum atomic E-state index is 13.7. The van der Waals surface area contributed by atoms with Gasteiger partial charge in [-0.3, -0.25) is 9.59 Å². The third-order valence-corrected chi connectivity index (χ3v) is 9.63. The molecule has 3 N–H and O–H groups in total. The number of amides is 4. The van der Waals surface area contributed by atoms with E-state index in [1.165, 1.54) is 11.6 Å². The molecule has 2 aliphatic rings. The number of halogens is 3. The highest BCUT2D eigenvalue weighted by Crippen LogP contribution is 2.35. The molecule has 6 rings (SSSR count). The van der Waals surface area contributed by atoms with Crippen LogP contribution < -0.4 is 16.0 Å². The molecule has 9 nitrogen and oxygen atoms in total. The fourth-order valence-corrected chi connectivity index (χ4v) is 7.13. The van der Waals surface area contributed by atoms with Crippen LogP contribution >= 0.6 is 34.8 Å². The van der Waals surface area contributed by atoms with Crippen molar-refractivity contribution in [3.05, 3.63) is 139 Å². The molecule has 4 amide bonds. The number of nitrogens with zero attached hydrogens (tertiary/aromatic N) is 1. The fourth-order valence-electron chi connectivity index (χ4n) is 6.19. The summed E-state index contributed by atoms with van der Waals surface area (Å²) in [5, 5.41) is 8.84. The summed E-state index contributed by atoms with van der Waals surface area (Å²) in [6.07, 6.45) is 1.98. The highest BCUT2D eigenvalue weighted by atomic mass is 35.5. The van der Waals surface area contributed by atoms with Gasteiger partial charge in [-0.25, -0.2) is 9.59 Å². The predicted octanol–water partition coefficient (Wildman–Crippen LogP) is 6.67. The number of esters is 1. The van der Waals surface area contributed by atoms with Gasteiger partial charge in [0, 0.05) is 23.7 Å². The van der Waals surface area contributed by atoms with E-state index in [0.717, 1.165) is 29.5 Å². The molecule has 1 heterocycles. The van der Waals surface area contributed by atoms with Crippen LogP contribution in [0.5, 0.6) is 0 Å². The Morgan fingerprint density at radius 2 is 1.65 bits per heavy atom. The molecule has 1 aliphatic heterocycles. The summed E-state index contributed by atoms with van der Waals surface area (Å²) in [5.74, 6) is -1.79. The van der Waals surface area contributed by atoms with E-state index in [1.807, 2.05) is 54.6 Å². The second-order valence-electron chi connectivity index (χ2n) is 11.9. The summed E-state index contributed by atoms with van der Waals surface area (Å²) in [4.78, 5) is 55.1. The topological polar surface area (TPSA) is 117 Å². The molecule has 1 aliphatic carbocycles. The van der Waals surface area contributed by atoms with Gasteiger partial charge in [0.15, 0.2) is 0 Å². The minimum Gasteiger partial charge on any atom is -0.459 e. The standard InChI is InChI=1S/C37H33Cl3N4O5/c38-25-11-6-9-23(17-25)20-44-16-15-27-28(35(44)46)18-29(39)32(33(27)40)34(45)42-31(36(47)49-21-22-7-2-1-3-8-22)19-41-37(48)43-30-14-13-24-10-4-5-12-26(24)30/h1-12,17-18,30-31H,13-16,19-21H2,(H,42,45)(H2,41,43,48)/t30-,31?/m1/s1. The van der Waals surface area contributed by atoms with Gasteiger partial charge in [-0.2, -0.15) is 0 Å². The molecule has 4 aromatic carbocycles. The van der Waals surface area contributed by atoms with Crippen molar-refractivity contribution in [2.75, 3.05) is 13.1 Å². The lowest BCUT2D eigenvalue weighted by Gasteiger charge is -2.30. The summed E-state index contributed by atoms with van der Waals surface area (Å²) < 4.78 is 5.52. The van der Waals surface area contributed by atoms with Crippen LogP contribution in [0.2, 0.25) is 15.1 Å². The number of benzene rings is 4. The van der Waals surface area contributed by atoms with Crippen molar-refractivity contribution in [3.8, 4) is 0 Å². The van der Waals surface area contributed by atoms with Crippen molar-refractivity contribution < 1.29 is 23.9 Å². The maximum absolute atomic E-state index is 13.7. The minimum atomic E-state index is -1.28. The van der Waals surface area contributed by atoms with Crippen LogP contribution in [0.3, 0.4) is 0 Å². The van der Waals surface area contributed by atoms with Gasteiger partial charge in [0.05, 0.1) is 28.2 Å². The van der Waals surface area contributed by atoms with Crippen LogP contribution in [0, 0.1) is 0 Å². The number of hydrogen-bond acceptors (Lipinski definition) is 5. The zero-order valence-corrected chi connectivity index (χ0v) is 28.6. The van der Waals surface area contributed by atoms with Gasteiger partial charge in [-0.05, 0) is 65.3 Å². The average Bonchev–Trinajstić information content (AvgIpc) is 3.50. The van der Waals surface area contributed by atoms with Gasteiger partial charge in [0.2, 0.25) is 0 Å². The minimum absolute atomic E-state index is 0.0257. The Morgan fingerprint density at radius 1 is 0.898 bits per heavy atom. The second-order valence-corrected chi connectivity index (χ2v) is 13.2. The van der Waals surface area contributed by atoms with Crippen LogP contribution in [0.15, 0.2) is 84.9 Å². The summed E-state index contributed by atoms with van der Waals surface area (Å²) in [6, 6.07) is 23.7. The smallest absolute Gasteiger partial charge is 0.330 e. The Morgan fingerprint density at radius 3 is 2.45 bits per heavy atom. The molecule has 0 aromatic heterocycles. The van der Waals surface area contributed by atoms with E-state index in [4.69, 9.17) is 39.5 Å². The molecule has 49 heavy (non-hydrogen) atoms. The Hall–Kier alpha value is -4.57. The summed E-state index contributed by atoms with van der Waals surface area (Å²) in [6.45, 7) is 0.401. The zero-order chi connectivity index (χ0) is 34.5. The van der Waals surface area contributed by atoms with Crippen molar-refractivity contribution in [3.63, 3.8) is 0 Å². The van der Waals surface area contributed by atoms with Crippen LogP contribution in [0.25, 0.3) is 0 Å². The van der Waals surface area contributed by atoms with E-state index in [-0.39, 0.29) is 40.7 Å². The van der Waals surface area contributed by atoms with E-state index in [1.54, 1.807) is 29.2 Å². The number of carbonyl (C=O) groups excluding carboxylic acids is 4. The van der Waals surface area contributed by atoms with Gasteiger partial charge in [-0.15, -0.1) is 0 Å². The molecule has 12 heteroatoms. The van der Waals surface area contributed by atoms with Crippen molar-refractivity contribution in [2.45, 2.75) is 44.5 Å². The highest BCUT2D eigenvalue weighted by molar-refractivity contribution is 6.41. The summed E-state index contributed by atoms with van der Waals surface area (Å²) in [5.41, 5.74) is 4.56. The van der Waals surface area contributed by atoms with Crippen LogP contribution in [-0.4, -0.2) is 47.8 Å². The molecule has 0 spiro atoms. The van der Waals surface area contributed by atoms with Crippen LogP contribution in [0.1, 0.15) is 61.0 Å². The Kier molecular flexibility index (Phi) is 10.7. The van der Waals surface area contributed by atoms with Crippen molar-refractivity contribution >= 4 is 58.6 Å². The number of hydrogen-bond donors (Lipinski definition) is 3. The second kappa shape index (κ2) is 15.3. The molecule has 0 bridgehead atoms. The number of carbonyl (C=O) groups is 4. The van der Waals surface area contributed by atoms with Crippen LogP contribution in [-0.2, 0) is 35.5 Å². The number of aryl methyl sites for hydroxylation is 1. The average molecular weight is 720 g/mol. The molecule has 252 valence electrons. The van der Waals surface area contributed by atoms with Gasteiger partial charge >= 0.3 is 12.0 Å². The van der Waals surface area contributed by atoms with Gasteiger partial charge < -0.3 is 25.6 Å². The molecule has 4 aromatic rings. The van der Waals surface area contributed by atoms with Gasteiger partial charge in [0.1, 0.15) is 12.6 Å². The first-order chi connectivity index (χ1) is 23.7. The summed E-state index contributed by atoms with van der Waals surface area (Å²) >= 11 is 19.5. The largest absolute Gasteiger partial charge is 0.459 e. The molecule has 1 unspecified atom stereocenters. The predicted molar refractivity (Wildman–Crippen MR) is 188 cm³/mol. The Bertz CT molecular complexity index is 1900. The first-order valence-corrected chi connectivity index (χ1v) is 17.0. The van der Waals surface area contributed by atoms with Crippen molar-refractivity contribution in [1.29, 1.82) is 0 Å². The quantitative estimate of drug-likeness (QED) is 0.158. The van der Waals surface area contributed by atoms with E-state index < -0.39 is 23.9 Å². The Balaban J connectivity index is 1.16. The summed E-state index contributed by atoms with van der Waals surface area (Å²) in [7, 11) is 0. The lowest BCUT2D eigenvalue weighted by molar-refractivity contribution is -0.147. The van der Waals surface area contributed by atoms with Crippen molar-refractivity contribution in [2.24, 2.45) is 0 Å². The number of rotatable bonds is 10.